The zero-order valence-corrected chi connectivity index (χ0v) is 19.8. The van der Waals surface area contributed by atoms with Crippen molar-refractivity contribution in [3.8, 4) is 0 Å². The zero-order valence-electron chi connectivity index (χ0n) is 19.8. The minimum atomic E-state index is -0.535. The van der Waals surface area contributed by atoms with Gasteiger partial charge in [0.15, 0.2) is 0 Å². The lowest BCUT2D eigenvalue weighted by Gasteiger charge is -2.44. The number of fused-ring (bicyclic) bond motifs is 1. The number of rotatable bonds is 6. The van der Waals surface area contributed by atoms with Crippen LogP contribution < -0.4 is 0 Å². The molecular weight excluding hydrogens is 372 g/mol. The fourth-order valence-electron chi connectivity index (χ4n) is 6.67. The van der Waals surface area contributed by atoms with Gasteiger partial charge in [0.1, 0.15) is 0 Å². The fraction of sp³-hybridized carbons (Fsp3) is 0.778. The van der Waals surface area contributed by atoms with E-state index in [9.17, 15) is 10.2 Å². The third kappa shape index (κ3) is 5.87. The maximum absolute atomic E-state index is 10.0. The highest BCUT2D eigenvalue weighted by Gasteiger charge is 2.50. The van der Waals surface area contributed by atoms with Gasteiger partial charge in [-0.25, -0.2) is 0 Å². The van der Waals surface area contributed by atoms with E-state index in [0.29, 0.717) is 5.41 Å². The smallest absolute Gasteiger partial charge is 0.0591 e. The van der Waals surface area contributed by atoms with Crippen molar-refractivity contribution in [3.05, 3.63) is 35.5 Å². The third-order valence-electron chi connectivity index (χ3n) is 8.36. The minimum absolute atomic E-state index is 0. The van der Waals surface area contributed by atoms with Crippen molar-refractivity contribution in [2.24, 2.45) is 23.2 Å². The zero-order chi connectivity index (χ0) is 21.2. The molecular formula is C27H46O3. The number of aliphatic hydroxyl groups is 2. The van der Waals surface area contributed by atoms with E-state index in [1.54, 1.807) is 5.57 Å². The summed E-state index contributed by atoms with van der Waals surface area (Å²) in [6.07, 6.45) is 16.9. The lowest BCUT2D eigenvalue weighted by molar-refractivity contribution is 0.0596. The van der Waals surface area contributed by atoms with E-state index < -0.39 is 5.60 Å². The number of aliphatic hydroxyl groups excluding tert-OH is 1. The molecule has 0 aromatic rings. The van der Waals surface area contributed by atoms with E-state index in [1.807, 2.05) is 13.8 Å². The van der Waals surface area contributed by atoms with Crippen LogP contribution >= 0.6 is 0 Å². The quantitative estimate of drug-likeness (QED) is 0.563. The van der Waals surface area contributed by atoms with Crippen molar-refractivity contribution in [1.29, 1.82) is 0 Å². The van der Waals surface area contributed by atoms with Gasteiger partial charge in [-0.2, -0.15) is 0 Å². The largest absolute Gasteiger partial charge is 0.412 e. The molecule has 0 aromatic heterocycles. The minimum Gasteiger partial charge on any atom is -0.412 e. The molecule has 3 nitrogen and oxygen atoms in total. The molecule has 0 aromatic carbocycles. The highest BCUT2D eigenvalue weighted by molar-refractivity contribution is 5.36. The SMILES string of the molecule is C=C1CC[C@@H](O)CC1=C/C=C1\CCC[C@]2(C)[C@@H]([C@H](C)CCCC(C)(C)O)CC[C@@H]12.O. The molecule has 0 unspecified atom stereocenters. The highest BCUT2D eigenvalue weighted by atomic mass is 16.3. The first-order valence-corrected chi connectivity index (χ1v) is 12.1. The van der Waals surface area contributed by atoms with Gasteiger partial charge < -0.3 is 15.7 Å². The first-order valence-electron chi connectivity index (χ1n) is 12.1. The fourth-order valence-corrected chi connectivity index (χ4v) is 6.67. The van der Waals surface area contributed by atoms with Crippen LogP contribution in [0.3, 0.4) is 0 Å². The van der Waals surface area contributed by atoms with Crippen molar-refractivity contribution in [2.45, 2.75) is 110 Å². The van der Waals surface area contributed by atoms with Crippen LogP contribution in [-0.2, 0) is 0 Å². The molecule has 4 N–H and O–H groups in total. The molecule has 0 aliphatic heterocycles. The van der Waals surface area contributed by atoms with Crippen LogP contribution in [0, 0.1) is 23.2 Å². The second-order valence-electron chi connectivity index (χ2n) is 11.2. The predicted octanol–water partition coefficient (Wildman–Crippen LogP) is 5.91. The number of allylic oxidation sites excluding steroid dienone is 4. The Balaban J connectivity index is 0.00000320. The van der Waals surface area contributed by atoms with Crippen molar-refractivity contribution in [1.82, 2.24) is 0 Å². The molecule has 0 amide bonds. The van der Waals surface area contributed by atoms with Crippen LogP contribution in [-0.4, -0.2) is 27.4 Å². The van der Waals surface area contributed by atoms with Gasteiger partial charge in [0.2, 0.25) is 0 Å². The monoisotopic (exact) mass is 418 g/mol. The van der Waals surface area contributed by atoms with Gasteiger partial charge in [0.05, 0.1) is 11.7 Å². The van der Waals surface area contributed by atoms with Crippen LogP contribution in [0.4, 0.5) is 0 Å². The molecule has 30 heavy (non-hydrogen) atoms. The Morgan fingerprint density at radius 2 is 1.93 bits per heavy atom. The lowest BCUT2D eigenvalue weighted by Crippen LogP contribution is -2.36. The average molecular weight is 419 g/mol. The van der Waals surface area contributed by atoms with E-state index in [0.717, 1.165) is 49.9 Å². The second kappa shape index (κ2) is 10.1. The molecule has 3 aliphatic carbocycles. The molecule has 0 spiro atoms. The maximum atomic E-state index is 10.0. The summed E-state index contributed by atoms with van der Waals surface area (Å²) in [4.78, 5) is 0. The van der Waals surface area contributed by atoms with Gasteiger partial charge in [-0.15, -0.1) is 0 Å². The van der Waals surface area contributed by atoms with Gasteiger partial charge >= 0.3 is 0 Å². The summed E-state index contributed by atoms with van der Waals surface area (Å²) >= 11 is 0. The van der Waals surface area contributed by atoms with Crippen LogP contribution in [0.25, 0.3) is 0 Å². The molecule has 0 bridgehead atoms. The Bertz CT molecular complexity index is 654. The van der Waals surface area contributed by atoms with Crippen molar-refractivity contribution in [3.63, 3.8) is 0 Å². The van der Waals surface area contributed by atoms with Gasteiger partial charge in [-0.05, 0) is 100 Å². The van der Waals surface area contributed by atoms with Gasteiger partial charge in [-0.3, -0.25) is 0 Å². The molecule has 3 heteroatoms. The predicted molar refractivity (Wildman–Crippen MR) is 126 cm³/mol. The van der Waals surface area contributed by atoms with Crippen LogP contribution in [0.1, 0.15) is 98.3 Å². The van der Waals surface area contributed by atoms with E-state index in [-0.39, 0.29) is 11.6 Å². The lowest BCUT2D eigenvalue weighted by atomic mass is 9.60. The number of hydrogen-bond donors (Lipinski definition) is 2. The summed E-state index contributed by atoms with van der Waals surface area (Å²) in [5, 5.41) is 20.1. The van der Waals surface area contributed by atoms with E-state index in [1.165, 1.54) is 49.7 Å². The first-order chi connectivity index (χ1) is 13.6. The summed E-state index contributed by atoms with van der Waals surface area (Å²) in [6.45, 7) is 13.1. The van der Waals surface area contributed by atoms with E-state index in [4.69, 9.17) is 0 Å². The third-order valence-corrected chi connectivity index (χ3v) is 8.36. The normalized spacial score (nSPS) is 35.9. The molecule has 0 heterocycles. The van der Waals surface area contributed by atoms with Gasteiger partial charge in [-0.1, -0.05) is 56.6 Å². The van der Waals surface area contributed by atoms with E-state index in [2.05, 4.69) is 32.6 Å². The topological polar surface area (TPSA) is 72.0 Å². The maximum Gasteiger partial charge on any atom is 0.0591 e. The average Bonchev–Trinajstić information content (AvgIpc) is 2.99. The van der Waals surface area contributed by atoms with Crippen LogP contribution in [0.2, 0.25) is 0 Å². The second-order valence-corrected chi connectivity index (χ2v) is 11.2. The Morgan fingerprint density at radius 1 is 1.20 bits per heavy atom. The summed E-state index contributed by atoms with van der Waals surface area (Å²) in [6, 6.07) is 0. The molecule has 0 saturated heterocycles. The van der Waals surface area contributed by atoms with Gasteiger partial charge in [0.25, 0.3) is 0 Å². The molecule has 3 aliphatic rings. The van der Waals surface area contributed by atoms with Crippen molar-refractivity contribution in [2.75, 3.05) is 0 Å². The van der Waals surface area contributed by atoms with Crippen LogP contribution in [0.5, 0.6) is 0 Å². The summed E-state index contributed by atoms with van der Waals surface area (Å²) in [7, 11) is 0. The standard InChI is InChI=1S/C27H44O2.H2O/c1-19-10-13-23(28)18-22(19)12-11-21-9-7-17-27(5)24(14-15-25(21)27)20(2)8-6-16-26(3,4)29;/h11-12,20,23-25,28-29H,1,6-10,13-18H2,2-5H3;1H2/b21-11+,22-12?;/t20-,23-,24-,25+,27-;/m1./s1. The molecule has 3 fully saturated rings. The molecule has 3 saturated carbocycles. The molecule has 3 rings (SSSR count). The van der Waals surface area contributed by atoms with Crippen molar-refractivity contribution < 1.29 is 15.7 Å². The highest BCUT2D eigenvalue weighted by Crippen LogP contribution is 2.60. The summed E-state index contributed by atoms with van der Waals surface area (Å²) in [5.74, 6) is 2.26. The molecule has 0 radical (unpaired) electrons. The van der Waals surface area contributed by atoms with Gasteiger partial charge in [0, 0.05) is 0 Å². The first kappa shape index (κ1) is 25.4. The van der Waals surface area contributed by atoms with Crippen molar-refractivity contribution >= 4 is 0 Å². The molecule has 5 atom stereocenters. The summed E-state index contributed by atoms with van der Waals surface area (Å²) < 4.78 is 0. The Kier molecular flexibility index (Phi) is 8.58. The van der Waals surface area contributed by atoms with E-state index >= 15 is 0 Å². The summed E-state index contributed by atoms with van der Waals surface area (Å²) in [5.41, 5.74) is 4.02. The number of hydrogen-bond acceptors (Lipinski definition) is 2. The molecule has 172 valence electrons. The van der Waals surface area contributed by atoms with Crippen LogP contribution in [0.15, 0.2) is 35.5 Å². The Hall–Kier alpha value is -0.900. The Labute approximate surface area is 184 Å². The Morgan fingerprint density at radius 3 is 2.63 bits per heavy atom.